The largest absolute Gasteiger partial charge is 0.476 e. The topological polar surface area (TPSA) is 29.5 Å². The maximum atomic E-state index is 7.77. The van der Waals surface area contributed by atoms with Crippen molar-refractivity contribution in [3.05, 3.63) is 12.8 Å². The molecule has 1 rings (SSSR count). The SMILES string of the molecule is C1CCCCC1.C=COCO. The first-order valence-electron chi connectivity index (χ1n) is 4.25. The highest BCUT2D eigenvalue weighted by atomic mass is 16.6. The summed E-state index contributed by atoms with van der Waals surface area (Å²) < 4.78 is 4.15. The summed E-state index contributed by atoms with van der Waals surface area (Å²) in [6.07, 6.45) is 10.2. The van der Waals surface area contributed by atoms with Gasteiger partial charge in [-0.05, 0) is 0 Å². The van der Waals surface area contributed by atoms with Gasteiger partial charge >= 0.3 is 0 Å². The molecule has 0 unspecified atom stereocenters. The van der Waals surface area contributed by atoms with Gasteiger partial charge in [0.15, 0.2) is 6.79 Å². The van der Waals surface area contributed by atoms with Crippen LogP contribution in [0, 0.1) is 0 Å². The van der Waals surface area contributed by atoms with Crippen molar-refractivity contribution in [2.75, 3.05) is 6.79 Å². The molecule has 1 aliphatic rings. The first-order valence-corrected chi connectivity index (χ1v) is 4.25. The fourth-order valence-corrected chi connectivity index (χ4v) is 1.11. The second kappa shape index (κ2) is 9.50. The van der Waals surface area contributed by atoms with Gasteiger partial charge in [0.2, 0.25) is 0 Å². The van der Waals surface area contributed by atoms with Gasteiger partial charge in [0, 0.05) is 0 Å². The van der Waals surface area contributed by atoms with Gasteiger partial charge in [-0.3, -0.25) is 0 Å². The third-order valence-electron chi connectivity index (χ3n) is 1.69. The lowest BCUT2D eigenvalue weighted by molar-refractivity contribution is 0.0608. The monoisotopic (exact) mass is 158 g/mol. The van der Waals surface area contributed by atoms with Gasteiger partial charge in [0.25, 0.3) is 0 Å². The van der Waals surface area contributed by atoms with Crippen LogP contribution in [-0.4, -0.2) is 11.9 Å². The van der Waals surface area contributed by atoms with Crippen LogP contribution in [0.1, 0.15) is 38.5 Å². The molecule has 0 saturated heterocycles. The van der Waals surface area contributed by atoms with Crippen LogP contribution in [0.5, 0.6) is 0 Å². The number of hydrogen-bond donors (Lipinski definition) is 1. The molecule has 0 spiro atoms. The Morgan fingerprint density at radius 2 is 1.45 bits per heavy atom. The molecule has 11 heavy (non-hydrogen) atoms. The van der Waals surface area contributed by atoms with E-state index < -0.39 is 0 Å². The maximum absolute atomic E-state index is 7.77. The second-order valence-corrected chi connectivity index (χ2v) is 2.58. The van der Waals surface area contributed by atoms with Crippen LogP contribution in [0.3, 0.4) is 0 Å². The first kappa shape index (κ1) is 10.5. The Balaban J connectivity index is 0.000000187. The minimum Gasteiger partial charge on any atom is -0.476 e. The molecule has 0 radical (unpaired) electrons. The van der Waals surface area contributed by atoms with Crippen LogP contribution in [0.25, 0.3) is 0 Å². The zero-order chi connectivity index (χ0) is 8.36. The molecule has 1 fully saturated rings. The maximum Gasteiger partial charge on any atom is 0.185 e. The highest BCUT2D eigenvalue weighted by Crippen LogP contribution is 2.15. The Kier molecular flexibility index (Phi) is 9.07. The van der Waals surface area contributed by atoms with Crippen molar-refractivity contribution in [1.82, 2.24) is 0 Å². The second-order valence-electron chi connectivity index (χ2n) is 2.58. The van der Waals surface area contributed by atoms with Crippen molar-refractivity contribution in [2.24, 2.45) is 0 Å². The van der Waals surface area contributed by atoms with E-state index in [2.05, 4.69) is 11.3 Å². The van der Waals surface area contributed by atoms with E-state index >= 15 is 0 Å². The van der Waals surface area contributed by atoms with Crippen LogP contribution in [0.15, 0.2) is 12.8 Å². The highest BCUT2D eigenvalue weighted by molar-refractivity contribution is 4.51. The van der Waals surface area contributed by atoms with E-state index in [1.54, 1.807) is 0 Å². The highest BCUT2D eigenvalue weighted by Gasteiger charge is 1.95. The molecule has 0 amide bonds. The summed E-state index contributed by atoms with van der Waals surface area (Å²) in [5.74, 6) is 0. The van der Waals surface area contributed by atoms with Crippen molar-refractivity contribution >= 4 is 0 Å². The molecule has 0 heterocycles. The van der Waals surface area contributed by atoms with Crippen LogP contribution < -0.4 is 0 Å². The lowest BCUT2D eigenvalue weighted by Crippen LogP contribution is -1.85. The van der Waals surface area contributed by atoms with Gasteiger partial charge in [-0.2, -0.15) is 0 Å². The number of ether oxygens (including phenoxy) is 1. The van der Waals surface area contributed by atoms with Gasteiger partial charge in [0.1, 0.15) is 0 Å². The Morgan fingerprint density at radius 1 is 1.09 bits per heavy atom. The first-order chi connectivity index (χ1) is 5.41. The molecule has 66 valence electrons. The van der Waals surface area contributed by atoms with Crippen LogP contribution in [0.4, 0.5) is 0 Å². The van der Waals surface area contributed by atoms with Gasteiger partial charge in [-0.1, -0.05) is 45.1 Å². The van der Waals surface area contributed by atoms with Gasteiger partial charge in [-0.15, -0.1) is 0 Å². The Bertz CT molecular complexity index is 66.1. The predicted molar refractivity (Wildman–Crippen MR) is 46.1 cm³/mol. The third-order valence-corrected chi connectivity index (χ3v) is 1.69. The molecule has 1 N–H and O–H groups in total. The average Bonchev–Trinajstić information content (AvgIpc) is 2.10. The van der Waals surface area contributed by atoms with E-state index in [1.165, 1.54) is 44.8 Å². The molecule has 2 heteroatoms. The van der Waals surface area contributed by atoms with E-state index in [9.17, 15) is 0 Å². The van der Waals surface area contributed by atoms with E-state index in [1.807, 2.05) is 0 Å². The Morgan fingerprint density at radius 3 is 1.55 bits per heavy atom. The van der Waals surface area contributed by atoms with E-state index in [0.29, 0.717) is 0 Å². The lowest BCUT2D eigenvalue weighted by atomic mass is 10.0. The normalized spacial score (nSPS) is 16.1. The molecule has 1 saturated carbocycles. The van der Waals surface area contributed by atoms with Crippen LogP contribution >= 0.6 is 0 Å². The standard InChI is InChI=1S/C6H12.C3H6O2/c1-2-4-6-5-3-1;1-2-5-3-4/h1-6H2;2,4H,1,3H2. The zero-order valence-electron chi connectivity index (χ0n) is 7.09. The van der Waals surface area contributed by atoms with Crippen molar-refractivity contribution < 1.29 is 9.84 Å². The number of rotatable bonds is 2. The molecule has 0 aromatic rings. The molecule has 0 aliphatic heterocycles. The van der Waals surface area contributed by atoms with Gasteiger partial charge in [0.05, 0.1) is 6.26 Å². The summed E-state index contributed by atoms with van der Waals surface area (Å²) in [5, 5.41) is 7.77. The Hall–Kier alpha value is -0.500. The summed E-state index contributed by atoms with van der Waals surface area (Å²) in [6, 6.07) is 0. The minimum atomic E-state index is -0.274. The third kappa shape index (κ3) is 9.50. The molecule has 0 bridgehead atoms. The quantitative estimate of drug-likeness (QED) is 0.494. The molecule has 1 aliphatic carbocycles. The van der Waals surface area contributed by atoms with E-state index in [4.69, 9.17) is 5.11 Å². The summed E-state index contributed by atoms with van der Waals surface area (Å²) in [6.45, 7) is 2.89. The Labute approximate surface area is 68.9 Å². The van der Waals surface area contributed by atoms with Crippen LogP contribution in [-0.2, 0) is 4.74 Å². The van der Waals surface area contributed by atoms with Gasteiger partial charge in [-0.25, -0.2) is 0 Å². The van der Waals surface area contributed by atoms with E-state index in [0.717, 1.165) is 0 Å². The summed E-state index contributed by atoms with van der Waals surface area (Å²) in [7, 11) is 0. The molecule has 2 nitrogen and oxygen atoms in total. The van der Waals surface area contributed by atoms with E-state index in [-0.39, 0.29) is 6.79 Å². The zero-order valence-corrected chi connectivity index (χ0v) is 7.09. The number of aliphatic hydroxyl groups excluding tert-OH is 1. The molecule has 0 aromatic carbocycles. The van der Waals surface area contributed by atoms with Crippen molar-refractivity contribution in [3.63, 3.8) is 0 Å². The molecular formula is C9H18O2. The summed E-state index contributed by atoms with van der Waals surface area (Å²) >= 11 is 0. The minimum absolute atomic E-state index is 0.274. The summed E-state index contributed by atoms with van der Waals surface area (Å²) in [4.78, 5) is 0. The van der Waals surface area contributed by atoms with Crippen molar-refractivity contribution in [2.45, 2.75) is 38.5 Å². The predicted octanol–water partition coefficient (Wildman–Crippen LogP) is 2.44. The lowest BCUT2D eigenvalue weighted by Gasteiger charge is -2.05. The van der Waals surface area contributed by atoms with Crippen molar-refractivity contribution in [1.29, 1.82) is 0 Å². The summed E-state index contributed by atoms with van der Waals surface area (Å²) in [5.41, 5.74) is 0. The fourth-order valence-electron chi connectivity index (χ4n) is 1.11. The van der Waals surface area contributed by atoms with Crippen LogP contribution in [0.2, 0.25) is 0 Å². The van der Waals surface area contributed by atoms with Gasteiger partial charge < -0.3 is 9.84 Å². The number of aliphatic hydroxyl groups is 1. The molecule has 0 aromatic heterocycles. The fraction of sp³-hybridized carbons (Fsp3) is 0.778. The average molecular weight is 158 g/mol. The number of hydrogen-bond acceptors (Lipinski definition) is 2. The van der Waals surface area contributed by atoms with Crippen molar-refractivity contribution in [3.8, 4) is 0 Å². The molecule has 0 atom stereocenters. The molecular weight excluding hydrogens is 140 g/mol. The smallest absolute Gasteiger partial charge is 0.185 e.